The van der Waals surface area contributed by atoms with Gasteiger partial charge in [0.15, 0.2) is 6.29 Å². The molecule has 0 saturated heterocycles. The molecule has 2 aromatic rings. The molecule has 0 aliphatic heterocycles. The van der Waals surface area contributed by atoms with Crippen LogP contribution in [-0.2, 0) is 6.54 Å². The summed E-state index contributed by atoms with van der Waals surface area (Å²) in [5.74, 6) is 0.267. The van der Waals surface area contributed by atoms with Gasteiger partial charge in [-0.1, -0.05) is 38.1 Å². The van der Waals surface area contributed by atoms with Crippen LogP contribution >= 0.6 is 0 Å². The van der Waals surface area contributed by atoms with Gasteiger partial charge in [0, 0.05) is 6.20 Å². The summed E-state index contributed by atoms with van der Waals surface area (Å²) in [5.41, 5.74) is 4.04. The number of carbonyl (C=O) groups excluding carboxylic acids is 1. The van der Waals surface area contributed by atoms with Gasteiger partial charge in [-0.3, -0.25) is 9.48 Å². The molecule has 0 aliphatic rings. The van der Waals surface area contributed by atoms with Crippen molar-refractivity contribution in [1.82, 2.24) is 9.78 Å². The highest BCUT2D eigenvalue weighted by Crippen LogP contribution is 2.17. The second kappa shape index (κ2) is 5.17. The first kappa shape index (κ1) is 12.6. The summed E-state index contributed by atoms with van der Waals surface area (Å²) in [6.45, 7) is 6.89. The van der Waals surface area contributed by atoms with E-state index in [4.69, 9.17) is 0 Å². The smallest absolute Gasteiger partial charge is 0.153 e. The van der Waals surface area contributed by atoms with Gasteiger partial charge < -0.3 is 0 Å². The molecule has 0 N–H and O–H groups in total. The van der Waals surface area contributed by atoms with Crippen LogP contribution in [0.1, 0.15) is 46.9 Å². The summed E-state index contributed by atoms with van der Waals surface area (Å²) >= 11 is 0. The number of hydrogen-bond acceptors (Lipinski definition) is 2. The minimum Gasteiger partial charge on any atom is -0.298 e. The largest absolute Gasteiger partial charge is 0.298 e. The Balaban J connectivity index is 2.30. The first-order valence-corrected chi connectivity index (χ1v) is 6.19. The SMILES string of the molecule is Cc1ccccc1Cn1cc(C=O)c(C(C)C)n1. The van der Waals surface area contributed by atoms with Crippen LogP contribution in [0.5, 0.6) is 0 Å². The predicted molar refractivity (Wildman–Crippen MR) is 72.0 cm³/mol. The quantitative estimate of drug-likeness (QED) is 0.772. The topological polar surface area (TPSA) is 34.9 Å². The highest BCUT2D eigenvalue weighted by molar-refractivity contribution is 5.76. The number of carbonyl (C=O) groups is 1. The van der Waals surface area contributed by atoms with Crippen molar-refractivity contribution in [3.8, 4) is 0 Å². The van der Waals surface area contributed by atoms with E-state index in [0.717, 1.165) is 12.0 Å². The van der Waals surface area contributed by atoms with E-state index in [1.807, 2.05) is 36.9 Å². The Hall–Kier alpha value is -1.90. The number of aromatic nitrogens is 2. The molecule has 0 atom stereocenters. The van der Waals surface area contributed by atoms with Crippen LogP contribution in [0, 0.1) is 6.92 Å². The maximum Gasteiger partial charge on any atom is 0.153 e. The second-order valence-corrected chi connectivity index (χ2v) is 4.87. The van der Waals surface area contributed by atoms with Crippen LogP contribution in [-0.4, -0.2) is 16.1 Å². The summed E-state index contributed by atoms with van der Waals surface area (Å²) in [7, 11) is 0. The van der Waals surface area contributed by atoms with E-state index in [2.05, 4.69) is 24.2 Å². The van der Waals surface area contributed by atoms with Gasteiger partial charge in [-0.05, 0) is 24.0 Å². The highest BCUT2D eigenvalue weighted by Gasteiger charge is 2.12. The predicted octanol–water partition coefficient (Wildman–Crippen LogP) is 3.18. The fourth-order valence-electron chi connectivity index (χ4n) is 2.03. The van der Waals surface area contributed by atoms with Crippen molar-refractivity contribution in [1.29, 1.82) is 0 Å². The van der Waals surface area contributed by atoms with E-state index in [1.54, 1.807) is 0 Å². The molecule has 0 aliphatic carbocycles. The van der Waals surface area contributed by atoms with E-state index in [1.165, 1.54) is 11.1 Å². The lowest BCUT2D eigenvalue weighted by atomic mass is 10.1. The Morgan fingerprint density at radius 3 is 2.61 bits per heavy atom. The van der Waals surface area contributed by atoms with Crippen LogP contribution in [0.3, 0.4) is 0 Å². The molecule has 0 saturated carbocycles. The third-order valence-corrected chi connectivity index (χ3v) is 3.09. The summed E-state index contributed by atoms with van der Waals surface area (Å²) in [5, 5.41) is 4.50. The zero-order valence-electron chi connectivity index (χ0n) is 11.1. The van der Waals surface area contributed by atoms with Gasteiger partial charge in [-0.25, -0.2) is 0 Å². The third-order valence-electron chi connectivity index (χ3n) is 3.09. The molecule has 1 heterocycles. The van der Waals surface area contributed by atoms with Gasteiger partial charge >= 0.3 is 0 Å². The van der Waals surface area contributed by atoms with Crippen molar-refractivity contribution < 1.29 is 4.79 Å². The Morgan fingerprint density at radius 2 is 2.06 bits per heavy atom. The maximum atomic E-state index is 11.0. The molecule has 2 rings (SSSR count). The van der Waals surface area contributed by atoms with Gasteiger partial charge in [-0.2, -0.15) is 5.10 Å². The number of aryl methyl sites for hydroxylation is 1. The lowest BCUT2D eigenvalue weighted by Crippen LogP contribution is -2.03. The summed E-state index contributed by atoms with van der Waals surface area (Å²) in [6.07, 6.45) is 2.71. The Labute approximate surface area is 107 Å². The van der Waals surface area contributed by atoms with Gasteiger partial charge in [0.25, 0.3) is 0 Å². The Bertz CT molecular complexity index is 555. The molecule has 0 amide bonds. The van der Waals surface area contributed by atoms with Crippen LogP contribution in [0.2, 0.25) is 0 Å². The van der Waals surface area contributed by atoms with E-state index >= 15 is 0 Å². The van der Waals surface area contributed by atoms with E-state index in [-0.39, 0.29) is 5.92 Å². The highest BCUT2D eigenvalue weighted by atomic mass is 16.1. The minimum absolute atomic E-state index is 0.267. The van der Waals surface area contributed by atoms with Crippen molar-refractivity contribution in [2.24, 2.45) is 0 Å². The van der Waals surface area contributed by atoms with Gasteiger partial charge in [0.1, 0.15) is 0 Å². The summed E-state index contributed by atoms with van der Waals surface area (Å²) < 4.78 is 1.85. The lowest BCUT2D eigenvalue weighted by Gasteiger charge is -2.05. The third kappa shape index (κ3) is 2.50. The first-order valence-electron chi connectivity index (χ1n) is 6.19. The average Bonchev–Trinajstić information content (AvgIpc) is 2.75. The van der Waals surface area contributed by atoms with Crippen molar-refractivity contribution in [3.05, 3.63) is 52.8 Å². The van der Waals surface area contributed by atoms with Crippen molar-refractivity contribution in [3.63, 3.8) is 0 Å². The normalized spacial score (nSPS) is 10.9. The molecular formula is C15H18N2O. The molecule has 3 heteroatoms. The number of hydrogen-bond donors (Lipinski definition) is 0. The van der Waals surface area contributed by atoms with Crippen LogP contribution in [0.25, 0.3) is 0 Å². The molecule has 18 heavy (non-hydrogen) atoms. The van der Waals surface area contributed by atoms with E-state index in [9.17, 15) is 4.79 Å². The second-order valence-electron chi connectivity index (χ2n) is 4.87. The lowest BCUT2D eigenvalue weighted by molar-refractivity contribution is 0.112. The zero-order valence-corrected chi connectivity index (χ0v) is 11.1. The van der Waals surface area contributed by atoms with Gasteiger partial charge in [0.2, 0.25) is 0 Å². The van der Waals surface area contributed by atoms with E-state index < -0.39 is 0 Å². The number of nitrogens with zero attached hydrogens (tertiary/aromatic N) is 2. The summed E-state index contributed by atoms with van der Waals surface area (Å²) in [4.78, 5) is 11.0. The van der Waals surface area contributed by atoms with Gasteiger partial charge in [-0.15, -0.1) is 0 Å². The van der Waals surface area contributed by atoms with E-state index in [0.29, 0.717) is 12.1 Å². The molecular weight excluding hydrogens is 224 g/mol. The monoisotopic (exact) mass is 242 g/mol. The molecule has 94 valence electrons. The van der Waals surface area contributed by atoms with Crippen molar-refractivity contribution in [2.75, 3.05) is 0 Å². The van der Waals surface area contributed by atoms with Gasteiger partial charge in [0.05, 0.1) is 17.8 Å². The number of benzene rings is 1. The standard InChI is InChI=1S/C15H18N2O/c1-11(2)15-14(10-18)9-17(16-15)8-13-7-5-4-6-12(13)3/h4-7,9-11H,8H2,1-3H3. The first-order chi connectivity index (χ1) is 8.61. The molecule has 0 radical (unpaired) electrons. The van der Waals surface area contributed by atoms with Crippen LogP contribution in [0.4, 0.5) is 0 Å². The van der Waals surface area contributed by atoms with Crippen molar-refractivity contribution in [2.45, 2.75) is 33.2 Å². The van der Waals surface area contributed by atoms with Crippen molar-refractivity contribution >= 4 is 6.29 Å². The number of aldehydes is 1. The molecule has 0 unspecified atom stereocenters. The average molecular weight is 242 g/mol. The minimum atomic E-state index is 0.267. The molecule has 0 fully saturated rings. The number of rotatable bonds is 4. The molecule has 0 bridgehead atoms. The summed E-state index contributed by atoms with van der Waals surface area (Å²) in [6, 6.07) is 8.23. The molecule has 0 spiro atoms. The fourth-order valence-corrected chi connectivity index (χ4v) is 2.03. The molecule has 1 aromatic carbocycles. The Morgan fingerprint density at radius 1 is 1.33 bits per heavy atom. The maximum absolute atomic E-state index is 11.0. The zero-order chi connectivity index (χ0) is 13.1. The molecule has 1 aromatic heterocycles. The van der Waals surface area contributed by atoms with Crippen LogP contribution in [0.15, 0.2) is 30.5 Å². The Kier molecular flexibility index (Phi) is 3.60. The van der Waals surface area contributed by atoms with Crippen LogP contribution < -0.4 is 0 Å². The molecule has 3 nitrogen and oxygen atoms in total. The fraction of sp³-hybridized carbons (Fsp3) is 0.333.